The fourth-order valence-corrected chi connectivity index (χ4v) is 4.86. The fraction of sp³-hybridized carbons (Fsp3) is 0.367. The molecule has 0 spiro atoms. The first-order valence-corrected chi connectivity index (χ1v) is 12.5. The van der Waals surface area contributed by atoms with Gasteiger partial charge in [0.1, 0.15) is 0 Å². The van der Waals surface area contributed by atoms with E-state index in [4.69, 9.17) is 9.47 Å². The third kappa shape index (κ3) is 5.99. The topological polar surface area (TPSA) is 47.6 Å². The van der Waals surface area contributed by atoms with Crippen LogP contribution in [0.1, 0.15) is 72.5 Å². The average molecular weight is 458 g/mol. The Morgan fingerprint density at radius 2 is 1.50 bits per heavy atom. The second-order valence-corrected chi connectivity index (χ2v) is 8.90. The molecule has 0 heterocycles. The van der Waals surface area contributed by atoms with Crippen LogP contribution in [0, 0.1) is 0 Å². The highest BCUT2D eigenvalue weighted by Crippen LogP contribution is 2.38. The molecule has 0 aliphatic heterocycles. The molecule has 178 valence electrons. The van der Waals surface area contributed by atoms with E-state index in [1.807, 2.05) is 38.1 Å². The van der Waals surface area contributed by atoms with Crippen LogP contribution in [0.5, 0.6) is 11.5 Å². The number of carbonyl (C=O) groups is 1. The molecule has 4 nitrogen and oxygen atoms in total. The first-order chi connectivity index (χ1) is 16.7. The Kier molecular flexibility index (Phi) is 8.24. The van der Waals surface area contributed by atoms with Crippen molar-refractivity contribution in [1.82, 2.24) is 5.32 Å². The summed E-state index contributed by atoms with van der Waals surface area (Å²) in [4.78, 5) is 13.1. The van der Waals surface area contributed by atoms with Gasteiger partial charge in [-0.15, -0.1) is 0 Å². The molecule has 3 aromatic rings. The zero-order chi connectivity index (χ0) is 23.8. The summed E-state index contributed by atoms with van der Waals surface area (Å²) in [5, 5.41) is 3.33. The highest BCUT2D eigenvalue weighted by molar-refractivity contribution is 5.94. The minimum absolute atomic E-state index is 0.000806. The van der Waals surface area contributed by atoms with E-state index in [0.717, 1.165) is 37.2 Å². The molecule has 2 unspecified atom stereocenters. The molecule has 1 aliphatic rings. The van der Waals surface area contributed by atoms with Crippen molar-refractivity contribution in [3.63, 3.8) is 0 Å². The van der Waals surface area contributed by atoms with Crippen LogP contribution >= 0.6 is 0 Å². The first-order valence-electron chi connectivity index (χ1n) is 12.5. The van der Waals surface area contributed by atoms with Crippen molar-refractivity contribution in [2.24, 2.45) is 0 Å². The van der Waals surface area contributed by atoms with Crippen LogP contribution in [-0.4, -0.2) is 25.2 Å². The number of hydrogen-bond donors (Lipinski definition) is 1. The number of ether oxygens (including phenoxy) is 2. The minimum Gasteiger partial charge on any atom is -0.490 e. The standard InChI is InChI=1S/C30H35NO3/c1-3-33-28-19-18-25(21-29(28)34-4-2)26-12-8-9-13-27(26)31-30(32)24-16-14-23(15-17-24)20-22-10-6-5-7-11-22/h5-7,10-11,14-19,21,26-27H,3-4,8-9,12-13,20H2,1-2H3,(H,31,32). The smallest absolute Gasteiger partial charge is 0.251 e. The summed E-state index contributed by atoms with van der Waals surface area (Å²) >= 11 is 0. The van der Waals surface area contributed by atoms with Crippen LogP contribution in [0.3, 0.4) is 0 Å². The number of nitrogens with one attached hydrogen (secondary N) is 1. The molecule has 1 aliphatic carbocycles. The van der Waals surface area contributed by atoms with Gasteiger partial charge in [-0.3, -0.25) is 4.79 Å². The summed E-state index contributed by atoms with van der Waals surface area (Å²) in [7, 11) is 0. The molecule has 1 N–H and O–H groups in total. The zero-order valence-corrected chi connectivity index (χ0v) is 20.3. The molecule has 0 radical (unpaired) electrons. The third-order valence-corrected chi connectivity index (χ3v) is 6.55. The van der Waals surface area contributed by atoms with Crippen LogP contribution in [-0.2, 0) is 6.42 Å². The molecular weight excluding hydrogens is 422 g/mol. The van der Waals surface area contributed by atoms with Crippen molar-refractivity contribution < 1.29 is 14.3 Å². The number of rotatable bonds is 9. The summed E-state index contributed by atoms with van der Waals surface area (Å²) < 4.78 is 11.6. The Morgan fingerprint density at radius 1 is 0.824 bits per heavy atom. The predicted octanol–water partition coefficient (Wildman–Crippen LogP) is 6.53. The molecule has 4 heteroatoms. The minimum atomic E-state index is -0.000806. The van der Waals surface area contributed by atoms with E-state index in [-0.39, 0.29) is 17.9 Å². The van der Waals surface area contributed by atoms with Crippen LogP contribution < -0.4 is 14.8 Å². The number of amides is 1. The van der Waals surface area contributed by atoms with E-state index in [9.17, 15) is 4.79 Å². The maximum absolute atomic E-state index is 13.1. The van der Waals surface area contributed by atoms with Crippen molar-refractivity contribution in [2.45, 2.75) is 57.9 Å². The van der Waals surface area contributed by atoms with Crippen molar-refractivity contribution in [1.29, 1.82) is 0 Å². The molecule has 0 aromatic heterocycles. The molecular formula is C30H35NO3. The van der Waals surface area contributed by atoms with Crippen molar-refractivity contribution in [3.8, 4) is 11.5 Å². The van der Waals surface area contributed by atoms with Gasteiger partial charge in [0.15, 0.2) is 11.5 Å². The van der Waals surface area contributed by atoms with Gasteiger partial charge in [0, 0.05) is 17.5 Å². The Balaban J connectivity index is 1.45. The summed E-state index contributed by atoms with van der Waals surface area (Å²) in [5.41, 5.74) is 4.39. The maximum atomic E-state index is 13.1. The van der Waals surface area contributed by atoms with Gasteiger partial charge in [-0.25, -0.2) is 0 Å². The molecule has 2 atom stereocenters. The summed E-state index contributed by atoms with van der Waals surface area (Å²) in [5.74, 6) is 1.83. The molecule has 1 amide bonds. The largest absolute Gasteiger partial charge is 0.490 e. The van der Waals surface area contributed by atoms with Gasteiger partial charge in [0.25, 0.3) is 5.91 Å². The van der Waals surface area contributed by atoms with Gasteiger partial charge >= 0.3 is 0 Å². The lowest BCUT2D eigenvalue weighted by molar-refractivity contribution is 0.0920. The maximum Gasteiger partial charge on any atom is 0.251 e. The van der Waals surface area contributed by atoms with Crippen molar-refractivity contribution >= 4 is 5.91 Å². The third-order valence-electron chi connectivity index (χ3n) is 6.55. The highest BCUT2D eigenvalue weighted by atomic mass is 16.5. The predicted molar refractivity (Wildman–Crippen MR) is 137 cm³/mol. The molecule has 1 fully saturated rings. The Bertz CT molecular complexity index is 1060. The molecule has 34 heavy (non-hydrogen) atoms. The number of benzene rings is 3. The second-order valence-electron chi connectivity index (χ2n) is 8.90. The van der Waals surface area contributed by atoms with E-state index >= 15 is 0 Å². The summed E-state index contributed by atoms with van der Waals surface area (Å²) in [6, 6.07) is 24.7. The van der Waals surface area contributed by atoms with Gasteiger partial charge in [-0.2, -0.15) is 0 Å². The second kappa shape index (κ2) is 11.7. The SMILES string of the molecule is CCOc1ccc(C2CCCCC2NC(=O)c2ccc(Cc3ccccc3)cc2)cc1OCC. The molecule has 3 aromatic carbocycles. The number of carbonyl (C=O) groups excluding carboxylic acids is 1. The first kappa shape index (κ1) is 23.9. The van der Waals surface area contributed by atoms with Crippen LogP contribution in [0.4, 0.5) is 0 Å². The normalized spacial score (nSPS) is 17.7. The lowest BCUT2D eigenvalue weighted by Gasteiger charge is -2.33. The quantitative estimate of drug-likeness (QED) is 0.397. The lowest BCUT2D eigenvalue weighted by Crippen LogP contribution is -2.41. The van der Waals surface area contributed by atoms with Gasteiger partial charge in [0.05, 0.1) is 13.2 Å². The van der Waals surface area contributed by atoms with Crippen molar-refractivity contribution in [2.75, 3.05) is 13.2 Å². The zero-order valence-electron chi connectivity index (χ0n) is 20.3. The van der Waals surface area contributed by atoms with E-state index in [1.165, 1.54) is 23.1 Å². The van der Waals surface area contributed by atoms with Crippen LogP contribution in [0.25, 0.3) is 0 Å². The van der Waals surface area contributed by atoms with Gasteiger partial charge < -0.3 is 14.8 Å². The molecule has 1 saturated carbocycles. The summed E-state index contributed by atoms with van der Waals surface area (Å²) in [6.45, 7) is 5.15. The molecule has 4 rings (SSSR count). The van der Waals surface area contributed by atoms with E-state index in [2.05, 4.69) is 53.8 Å². The fourth-order valence-electron chi connectivity index (χ4n) is 4.86. The average Bonchev–Trinajstić information content (AvgIpc) is 2.87. The Morgan fingerprint density at radius 3 is 2.24 bits per heavy atom. The van der Waals surface area contributed by atoms with Gasteiger partial charge in [0.2, 0.25) is 0 Å². The van der Waals surface area contributed by atoms with Gasteiger partial charge in [-0.1, -0.05) is 61.4 Å². The molecule has 0 saturated heterocycles. The molecule has 0 bridgehead atoms. The lowest BCUT2D eigenvalue weighted by atomic mass is 9.79. The Labute approximate surface area is 203 Å². The van der Waals surface area contributed by atoms with E-state index in [1.54, 1.807) is 0 Å². The van der Waals surface area contributed by atoms with Gasteiger partial charge in [-0.05, 0) is 74.1 Å². The Hall–Kier alpha value is -3.27. The van der Waals surface area contributed by atoms with Crippen LogP contribution in [0.15, 0.2) is 72.8 Å². The summed E-state index contributed by atoms with van der Waals surface area (Å²) in [6.07, 6.45) is 5.21. The van der Waals surface area contributed by atoms with E-state index < -0.39 is 0 Å². The van der Waals surface area contributed by atoms with Crippen molar-refractivity contribution in [3.05, 3.63) is 95.1 Å². The highest BCUT2D eigenvalue weighted by Gasteiger charge is 2.29. The van der Waals surface area contributed by atoms with Crippen LogP contribution in [0.2, 0.25) is 0 Å². The number of hydrogen-bond acceptors (Lipinski definition) is 3. The van der Waals surface area contributed by atoms with E-state index in [0.29, 0.717) is 18.8 Å². The monoisotopic (exact) mass is 457 g/mol.